The Labute approximate surface area is 145 Å². The molecule has 1 fully saturated rings. The van der Waals surface area contributed by atoms with Gasteiger partial charge in [0.2, 0.25) is 0 Å². The van der Waals surface area contributed by atoms with Crippen LogP contribution in [0.15, 0.2) is 63.8 Å². The van der Waals surface area contributed by atoms with Crippen LogP contribution in [-0.4, -0.2) is 36.2 Å². The smallest absolute Gasteiger partial charge is 0.338 e. The van der Waals surface area contributed by atoms with E-state index < -0.39 is 0 Å². The van der Waals surface area contributed by atoms with E-state index in [1.165, 1.54) is 0 Å². The van der Waals surface area contributed by atoms with Crippen molar-refractivity contribution >= 4 is 16.7 Å². The summed E-state index contributed by atoms with van der Waals surface area (Å²) in [7, 11) is 0. The number of piperazine rings is 1. The minimum Gasteiger partial charge on any atom is -0.508 e. The maximum absolute atomic E-state index is 11.9. The van der Waals surface area contributed by atoms with Gasteiger partial charge < -0.3 is 14.4 Å². The fourth-order valence-corrected chi connectivity index (χ4v) is 3.39. The molecule has 2 heterocycles. The van der Waals surface area contributed by atoms with Gasteiger partial charge in [-0.25, -0.2) is 4.79 Å². The van der Waals surface area contributed by atoms with E-state index in [-0.39, 0.29) is 5.63 Å². The Balaban J connectivity index is 1.51. The maximum Gasteiger partial charge on any atom is 0.338 e. The van der Waals surface area contributed by atoms with Crippen molar-refractivity contribution in [2.24, 2.45) is 0 Å². The number of hydrogen-bond acceptors (Lipinski definition) is 5. The van der Waals surface area contributed by atoms with Crippen LogP contribution < -0.4 is 10.5 Å². The Kier molecular flexibility index (Phi) is 4.15. The summed E-state index contributed by atoms with van der Waals surface area (Å²) in [5.41, 5.74) is 2.20. The van der Waals surface area contributed by atoms with Crippen LogP contribution in [0.3, 0.4) is 0 Å². The first kappa shape index (κ1) is 15.7. The van der Waals surface area contributed by atoms with Crippen molar-refractivity contribution in [2.75, 3.05) is 31.1 Å². The fourth-order valence-electron chi connectivity index (χ4n) is 3.39. The minimum atomic E-state index is -0.315. The third kappa shape index (κ3) is 3.23. The first-order valence-electron chi connectivity index (χ1n) is 8.48. The second-order valence-electron chi connectivity index (χ2n) is 6.34. The fraction of sp³-hybridized carbons (Fsp3) is 0.250. The molecule has 5 heteroatoms. The molecule has 25 heavy (non-hydrogen) atoms. The summed E-state index contributed by atoms with van der Waals surface area (Å²) in [4.78, 5) is 16.4. The Morgan fingerprint density at radius 2 is 1.68 bits per heavy atom. The number of para-hydroxylation sites is 2. The topological polar surface area (TPSA) is 56.9 Å². The van der Waals surface area contributed by atoms with E-state index in [0.717, 1.165) is 49.4 Å². The highest BCUT2D eigenvalue weighted by Gasteiger charge is 2.20. The molecule has 0 spiro atoms. The van der Waals surface area contributed by atoms with Crippen LogP contribution in [0.1, 0.15) is 5.56 Å². The highest BCUT2D eigenvalue weighted by molar-refractivity contribution is 5.90. The number of hydrogen-bond donors (Lipinski definition) is 1. The third-order valence-electron chi connectivity index (χ3n) is 4.73. The van der Waals surface area contributed by atoms with Crippen LogP contribution in [0.2, 0.25) is 0 Å². The Bertz CT molecular complexity index is 943. The SMILES string of the molecule is O=c1cc(N2CCN(Cc3ccccc3O)CC2)c2ccccc2o1. The predicted octanol–water partition coefficient (Wildman–Crippen LogP) is 2.82. The molecule has 5 nitrogen and oxygen atoms in total. The molecule has 1 aromatic heterocycles. The summed E-state index contributed by atoms with van der Waals surface area (Å²) in [6, 6.07) is 16.7. The lowest BCUT2D eigenvalue weighted by molar-refractivity contribution is 0.247. The van der Waals surface area contributed by atoms with Crippen molar-refractivity contribution in [3.05, 3.63) is 70.6 Å². The monoisotopic (exact) mass is 336 g/mol. The van der Waals surface area contributed by atoms with Gasteiger partial charge in [-0.1, -0.05) is 30.3 Å². The Morgan fingerprint density at radius 3 is 2.48 bits per heavy atom. The first-order chi connectivity index (χ1) is 12.2. The highest BCUT2D eigenvalue weighted by atomic mass is 16.4. The van der Waals surface area contributed by atoms with E-state index in [0.29, 0.717) is 11.3 Å². The molecule has 0 unspecified atom stereocenters. The number of phenolic OH excluding ortho intramolecular Hbond substituents is 1. The molecule has 0 bridgehead atoms. The van der Waals surface area contributed by atoms with Gasteiger partial charge in [0.05, 0.1) is 5.69 Å². The van der Waals surface area contributed by atoms with Crippen molar-refractivity contribution in [1.82, 2.24) is 4.90 Å². The second-order valence-corrected chi connectivity index (χ2v) is 6.34. The number of anilines is 1. The number of fused-ring (bicyclic) bond motifs is 1. The van der Waals surface area contributed by atoms with Crippen molar-refractivity contribution in [2.45, 2.75) is 6.54 Å². The number of phenols is 1. The van der Waals surface area contributed by atoms with Crippen LogP contribution in [0, 0.1) is 0 Å². The lowest BCUT2D eigenvalue weighted by atomic mass is 10.1. The van der Waals surface area contributed by atoms with Crippen molar-refractivity contribution in [3.63, 3.8) is 0 Å². The number of nitrogens with zero attached hydrogens (tertiary/aromatic N) is 2. The largest absolute Gasteiger partial charge is 0.508 e. The van der Waals surface area contributed by atoms with Gasteiger partial charge in [-0.05, 0) is 18.2 Å². The van der Waals surface area contributed by atoms with E-state index in [1.807, 2.05) is 42.5 Å². The zero-order valence-electron chi connectivity index (χ0n) is 13.9. The summed E-state index contributed by atoms with van der Waals surface area (Å²) >= 11 is 0. The highest BCUT2D eigenvalue weighted by Crippen LogP contribution is 2.26. The summed E-state index contributed by atoms with van der Waals surface area (Å²) in [5, 5.41) is 10.9. The molecule has 128 valence electrons. The van der Waals surface area contributed by atoms with E-state index in [1.54, 1.807) is 12.1 Å². The third-order valence-corrected chi connectivity index (χ3v) is 4.73. The van der Waals surface area contributed by atoms with Gasteiger partial charge in [-0.15, -0.1) is 0 Å². The standard InChI is InChI=1S/C20H20N2O3/c23-18-7-3-1-5-15(18)14-21-9-11-22(12-10-21)17-13-20(24)25-19-8-4-2-6-16(17)19/h1-8,13,23H,9-12,14H2. The minimum absolute atomic E-state index is 0.315. The van der Waals surface area contributed by atoms with Crippen LogP contribution in [0.5, 0.6) is 5.75 Å². The molecular weight excluding hydrogens is 316 g/mol. The molecule has 0 radical (unpaired) electrons. The average Bonchev–Trinajstić information content (AvgIpc) is 2.63. The van der Waals surface area contributed by atoms with Crippen molar-refractivity contribution in [1.29, 1.82) is 0 Å². The second kappa shape index (κ2) is 6.61. The average molecular weight is 336 g/mol. The van der Waals surface area contributed by atoms with E-state index in [4.69, 9.17) is 4.42 Å². The molecule has 1 saturated heterocycles. The molecular formula is C20H20N2O3. The van der Waals surface area contributed by atoms with Gasteiger partial charge in [0, 0.05) is 49.7 Å². The van der Waals surface area contributed by atoms with Crippen LogP contribution in [0.4, 0.5) is 5.69 Å². The quantitative estimate of drug-likeness (QED) is 0.746. The van der Waals surface area contributed by atoms with Crippen molar-refractivity contribution < 1.29 is 9.52 Å². The molecule has 0 atom stereocenters. The molecule has 1 N–H and O–H groups in total. The maximum atomic E-state index is 11.9. The molecule has 3 aromatic rings. The molecule has 1 aliphatic heterocycles. The van der Waals surface area contributed by atoms with Gasteiger partial charge in [0.15, 0.2) is 0 Å². The molecule has 0 aliphatic carbocycles. The van der Waals surface area contributed by atoms with E-state index >= 15 is 0 Å². The van der Waals surface area contributed by atoms with Crippen molar-refractivity contribution in [3.8, 4) is 5.75 Å². The molecule has 0 saturated carbocycles. The van der Waals surface area contributed by atoms with Gasteiger partial charge >= 0.3 is 5.63 Å². The molecule has 0 amide bonds. The molecule has 2 aromatic carbocycles. The molecule has 4 rings (SSSR count). The normalized spacial score (nSPS) is 15.6. The number of aromatic hydroxyl groups is 1. The molecule has 1 aliphatic rings. The van der Waals surface area contributed by atoms with Gasteiger partial charge in [-0.3, -0.25) is 4.90 Å². The van der Waals surface area contributed by atoms with Crippen LogP contribution in [-0.2, 0) is 6.54 Å². The van der Waals surface area contributed by atoms with Crippen LogP contribution >= 0.6 is 0 Å². The van der Waals surface area contributed by atoms with Crippen LogP contribution in [0.25, 0.3) is 11.0 Å². The lowest BCUT2D eigenvalue weighted by Gasteiger charge is -2.36. The van der Waals surface area contributed by atoms with Gasteiger partial charge in [-0.2, -0.15) is 0 Å². The first-order valence-corrected chi connectivity index (χ1v) is 8.48. The van der Waals surface area contributed by atoms with Gasteiger partial charge in [0.1, 0.15) is 11.3 Å². The number of benzene rings is 2. The van der Waals surface area contributed by atoms with Gasteiger partial charge in [0.25, 0.3) is 0 Å². The lowest BCUT2D eigenvalue weighted by Crippen LogP contribution is -2.46. The Morgan fingerprint density at radius 1 is 0.960 bits per heavy atom. The summed E-state index contributed by atoms with van der Waals surface area (Å²) in [6.07, 6.45) is 0. The van der Waals surface area contributed by atoms with E-state index in [2.05, 4.69) is 9.80 Å². The zero-order valence-corrected chi connectivity index (χ0v) is 13.9. The summed E-state index contributed by atoms with van der Waals surface area (Å²) < 4.78 is 5.29. The predicted molar refractivity (Wildman–Crippen MR) is 98.1 cm³/mol. The number of rotatable bonds is 3. The summed E-state index contributed by atoms with van der Waals surface area (Å²) in [5.74, 6) is 0.344. The summed E-state index contributed by atoms with van der Waals surface area (Å²) in [6.45, 7) is 4.16. The zero-order chi connectivity index (χ0) is 17.2. The Hall–Kier alpha value is -2.79. The van der Waals surface area contributed by atoms with E-state index in [9.17, 15) is 9.90 Å².